The smallest absolute Gasteiger partial charge is 0.333 e. The molecule has 1 fully saturated rings. The van der Waals surface area contributed by atoms with Crippen LogP contribution in [0, 0.1) is 5.92 Å². The van der Waals surface area contributed by atoms with E-state index in [1.807, 2.05) is 0 Å². The van der Waals surface area contributed by atoms with Crippen molar-refractivity contribution < 1.29 is 14.6 Å². The van der Waals surface area contributed by atoms with E-state index in [1.165, 1.54) is 7.11 Å². The SMILES string of the molecule is COC(C(=O)O)C1CCN(c2ncccn2)CC1. The van der Waals surface area contributed by atoms with Crippen LogP contribution in [0.5, 0.6) is 0 Å². The number of piperidine rings is 1. The Morgan fingerprint density at radius 2 is 2.06 bits per heavy atom. The number of hydrogen-bond donors (Lipinski definition) is 1. The predicted molar refractivity (Wildman–Crippen MR) is 65.4 cm³/mol. The molecule has 2 heterocycles. The second kappa shape index (κ2) is 5.77. The van der Waals surface area contributed by atoms with Crippen LogP contribution in [0.3, 0.4) is 0 Å². The van der Waals surface area contributed by atoms with Crippen LogP contribution in [0.2, 0.25) is 0 Å². The van der Waals surface area contributed by atoms with Crippen LogP contribution in [-0.2, 0) is 9.53 Å². The average Bonchev–Trinajstić information content (AvgIpc) is 2.41. The third-order valence-electron chi connectivity index (χ3n) is 3.30. The number of nitrogens with zero attached hydrogens (tertiary/aromatic N) is 3. The number of rotatable bonds is 4. The van der Waals surface area contributed by atoms with Crippen molar-refractivity contribution in [1.82, 2.24) is 9.97 Å². The highest BCUT2D eigenvalue weighted by Crippen LogP contribution is 2.24. The van der Waals surface area contributed by atoms with Crippen molar-refractivity contribution in [3.63, 3.8) is 0 Å². The van der Waals surface area contributed by atoms with Crippen molar-refractivity contribution in [1.29, 1.82) is 0 Å². The van der Waals surface area contributed by atoms with Crippen molar-refractivity contribution in [2.24, 2.45) is 5.92 Å². The van der Waals surface area contributed by atoms with E-state index in [0.29, 0.717) is 5.95 Å². The fourth-order valence-corrected chi connectivity index (χ4v) is 2.35. The van der Waals surface area contributed by atoms with E-state index in [1.54, 1.807) is 18.5 Å². The second-order valence-electron chi connectivity index (χ2n) is 4.37. The Balaban J connectivity index is 1.94. The van der Waals surface area contributed by atoms with Crippen molar-refractivity contribution in [3.8, 4) is 0 Å². The molecule has 1 aliphatic heterocycles. The summed E-state index contributed by atoms with van der Waals surface area (Å²) in [6.07, 6.45) is 4.28. The summed E-state index contributed by atoms with van der Waals surface area (Å²) >= 11 is 0. The van der Waals surface area contributed by atoms with Crippen LogP contribution in [0.15, 0.2) is 18.5 Å². The van der Waals surface area contributed by atoms with E-state index < -0.39 is 12.1 Å². The highest BCUT2D eigenvalue weighted by molar-refractivity contribution is 5.72. The minimum Gasteiger partial charge on any atom is -0.479 e. The molecule has 0 radical (unpaired) electrons. The van der Waals surface area contributed by atoms with Gasteiger partial charge in [-0.15, -0.1) is 0 Å². The van der Waals surface area contributed by atoms with Gasteiger partial charge in [0.05, 0.1) is 0 Å². The molecule has 1 atom stereocenters. The lowest BCUT2D eigenvalue weighted by Gasteiger charge is -2.33. The molecule has 1 aromatic rings. The molecule has 1 aromatic heterocycles. The Kier molecular flexibility index (Phi) is 4.09. The molecular weight excluding hydrogens is 234 g/mol. The van der Waals surface area contributed by atoms with E-state index in [9.17, 15) is 4.79 Å². The molecule has 1 saturated heterocycles. The summed E-state index contributed by atoms with van der Waals surface area (Å²) in [4.78, 5) is 21.5. The highest BCUT2D eigenvalue weighted by Gasteiger charge is 2.31. The zero-order chi connectivity index (χ0) is 13.0. The van der Waals surface area contributed by atoms with Gasteiger partial charge in [0.25, 0.3) is 0 Å². The summed E-state index contributed by atoms with van der Waals surface area (Å²) in [6, 6.07) is 1.78. The minimum absolute atomic E-state index is 0.0625. The van der Waals surface area contributed by atoms with Crippen LogP contribution in [-0.4, -0.2) is 47.3 Å². The number of carboxylic acid groups (broad SMARTS) is 1. The molecule has 1 N–H and O–H groups in total. The quantitative estimate of drug-likeness (QED) is 0.852. The Labute approximate surface area is 106 Å². The maximum Gasteiger partial charge on any atom is 0.333 e. The minimum atomic E-state index is -0.882. The zero-order valence-corrected chi connectivity index (χ0v) is 10.3. The van der Waals surface area contributed by atoms with Gasteiger partial charge in [0.2, 0.25) is 5.95 Å². The normalized spacial score (nSPS) is 18.6. The average molecular weight is 251 g/mol. The summed E-state index contributed by atoms with van der Waals surface area (Å²) in [6.45, 7) is 1.53. The van der Waals surface area contributed by atoms with Crippen molar-refractivity contribution in [2.75, 3.05) is 25.1 Å². The standard InChI is InChI=1S/C12H17N3O3/c1-18-10(11(16)17)9-3-7-15(8-4-9)12-13-5-2-6-14-12/h2,5-6,9-10H,3-4,7-8H2,1H3,(H,16,17). The number of anilines is 1. The summed E-state index contributed by atoms with van der Waals surface area (Å²) in [5.74, 6) is -0.111. The molecule has 6 heteroatoms. The number of ether oxygens (including phenoxy) is 1. The van der Waals surface area contributed by atoms with Crippen LogP contribution < -0.4 is 4.90 Å². The van der Waals surface area contributed by atoms with E-state index in [4.69, 9.17) is 9.84 Å². The van der Waals surface area contributed by atoms with Gasteiger partial charge in [-0.1, -0.05) is 0 Å². The molecule has 98 valence electrons. The summed E-state index contributed by atoms with van der Waals surface area (Å²) in [5, 5.41) is 9.05. The number of aliphatic carboxylic acids is 1. The molecule has 0 aliphatic carbocycles. The van der Waals surface area contributed by atoms with Gasteiger partial charge in [-0.25, -0.2) is 14.8 Å². The van der Waals surface area contributed by atoms with E-state index in [0.717, 1.165) is 25.9 Å². The largest absolute Gasteiger partial charge is 0.479 e. The lowest BCUT2D eigenvalue weighted by Crippen LogP contribution is -2.41. The first kappa shape index (κ1) is 12.8. The monoisotopic (exact) mass is 251 g/mol. The van der Waals surface area contributed by atoms with Crippen LogP contribution in [0.1, 0.15) is 12.8 Å². The van der Waals surface area contributed by atoms with E-state index in [-0.39, 0.29) is 5.92 Å². The maximum absolute atomic E-state index is 11.0. The predicted octanol–water partition coefficient (Wildman–Crippen LogP) is 0.793. The lowest BCUT2D eigenvalue weighted by molar-refractivity contribution is -0.152. The number of methoxy groups -OCH3 is 1. The fourth-order valence-electron chi connectivity index (χ4n) is 2.35. The van der Waals surface area contributed by atoms with Gasteiger partial charge in [-0.05, 0) is 24.8 Å². The third-order valence-corrected chi connectivity index (χ3v) is 3.30. The first-order chi connectivity index (χ1) is 8.72. The molecule has 18 heavy (non-hydrogen) atoms. The third kappa shape index (κ3) is 2.76. The summed E-state index contributed by atoms with van der Waals surface area (Å²) in [5.41, 5.74) is 0. The van der Waals surface area contributed by atoms with Crippen LogP contribution >= 0.6 is 0 Å². The molecule has 0 saturated carbocycles. The highest BCUT2D eigenvalue weighted by atomic mass is 16.5. The zero-order valence-electron chi connectivity index (χ0n) is 10.3. The van der Waals surface area contributed by atoms with Gasteiger partial charge in [0.1, 0.15) is 0 Å². The van der Waals surface area contributed by atoms with Crippen molar-refractivity contribution in [3.05, 3.63) is 18.5 Å². The molecule has 1 aliphatic rings. The van der Waals surface area contributed by atoms with Gasteiger partial charge in [0, 0.05) is 32.6 Å². The fraction of sp³-hybridized carbons (Fsp3) is 0.583. The molecule has 6 nitrogen and oxygen atoms in total. The molecular formula is C12H17N3O3. The Morgan fingerprint density at radius 1 is 1.44 bits per heavy atom. The van der Waals surface area contributed by atoms with Crippen molar-refractivity contribution >= 4 is 11.9 Å². The Bertz CT molecular complexity index is 391. The molecule has 0 aromatic carbocycles. The van der Waals surface area contributed by atoms with Gasteiger partial charge in [-0.2, -0.15) is 0 Å². The van der Waals surface area contributed by atoms with Gasteiger partial charge < -0.3 is 14.7 Å². The molecule has 0 spiro atoms. The van der Waals surface area contributed by atoms with Crippen LogP contribution in [0.4, 0.5) is 5.95 Å². The number of hydrogen-bond acceptors (Lipinski definition) is 5. The second-order valence-corrected chi connectivity index (χ2v) is 4.37. The molecule has 0 bridgehead atoms. The Hall–Kier alpha value is -1.69. The van der Waals surface area contributed by atoms with Gasteiger partial charge >= 0.3 is 5.97 Å². The van der Waals surface area contributed by atoms with E-state index in [2.05, 4.69) is 14.9 Å². The van der Waals surface area contributed by atoms with E-state index >= 15 is 0 Å². The molecule has 0 amide bonds. The first-order valence-electron chi connectivity index (χ1n) is 6.00. The summed E-state index contributed by atoms with van der Waals surface area (Å²) in [7, 11) is 1.45. The van der Waals surface area contributed by atoms with Gasteiger partial charge in [-0.3, -0.25) is 0 Å². The van der Waals surface area contributed by atoms with Crippen LogP contribution in [0.25, 0.3) is 0 Å². The number of aromatic nitrogens is 2. The number of carbonyl (C=O) groups is 1. The summed E-state index contributed by atoms with van der Waals surface area (Å²) < 4.78 is 5.04. The molecule has 2 rings (SSSR count). The Morgan fingerprint density at radius 3 is 2.56 bits per heavy atom. The first-order valence-corrected chi connectivity index (χ1v) is 6.00. The number of carboxylic acids is 1. The van der Waals surface area contributed by atoms with Crippen molar-refractivity contribution in [2.45, 2.75) is 18.9 Å². The van der Waals surface area contributed by atoms with Gasteiger partial charge in [0.15, 0.2) is 6.10 Å². The maximum atomic E-state index is 11.0. The topological polar surface area (TPSA) is 75.6 Å². The lowest BCUT2D eigenvalue weighted by atomic mass is 9.91. The molecule has 1 unspecified atom stereocenters.